The van der Waals surface area contributed by atoms with Crippen LogP contribution in [0, 0.1) is 12.7 Å². The lowest BCUT2D eigenvalue weighted by Crippen LogP contribution is -2.27. The van der Waals surface area contributed by atoms with Crippen LogP contribution in [0.25, 0.3) is 6.08 Å². The number of nitrogens with zero attached hydrogens (tertiary/aromatic N) is 1. The van der Waals surface area contributed by atoms with Gasteiger partial charge < -0.3 is 4.74 Å². The second-order valence-corrected chi connectivity index (χ2v) is 7.71. The van der Waals surface area contributed by atoms with Crippen LogP contribution in [0.3, 0.4) is 0 Å². The van der Waals surface area contributed by atoms with Gasteiger partial charge in [-0.3, -0.25) is 9.69 Å². The smallest absolute Gasteiger partial charge is 0.266 e. The van der Waals surface area contributed by atoms with E-state index in [1.54, 1.807) is 24.3 Å². The van der Waals surface area contributed by atoms with Gasteiger partial charge >= 0.3 is 0 Å². The van der Waals surface area contributed by atoms with E-state index in [0.717, 1.165) is 16.7 Å². The average molecular weight is 400 g/mol. The molecular weight excluding hydrogens is 381 g/mol. The standard InChI is InChI=1S/C21H18FNO2S2/c1-3-10-23-20(24)19(27-21(23)26)12-16-11-14(2)4-9-18(16)25-13-15-5-7-17(22)8-6-15/h3-9,11-12H,1,10,13H2,2H3/b19-12-. The highest BCUT2D eigenvalue weighted by Crippen LogP contribution is 2.34. The highest BCUT2D eigenvalue weighted by atomic mass is 32.2. The first kappa shape index (κ1) is 19.3. The van der Waals surface area contributed by atoms with Crippen LogP contribution in [0.5, 0.6) is 5.75 Å². The Labute approximate surface area is 167 Å². The summed E-state index contributed by atoms with van der Waals surface area (Å²) in [5.74, 6) is 0.242. The van der Waals surface area contributed by atoms with Gasteiger partial charge in [0.25, 0.3) is 5.91 Å². The second kappa shape index (κ2) is 8.50. The van der Waals surface area contributed by atoms with Crippen LogP contribution in [0.1, 0.15) is 16.7 Å². The Morgan fingerprint density at radius 2 is 2.00 bits per heavy atom. The van der Waals surface area contributed by atoms with E-state index in [1.165, 1.54) is 28.8 Å². The minimum Gasteiger partial charge on any atom is -0.488 e. The number of thioether (sulfide) groups is 1. The van der Waals surface area contributed by atoms with Gasteiger partial charge in [0.05, 0.1) is 4.91 Å². The lowest BCUT2D eigenvalue weighted by atomic mass is 10.1. The Kier molecular flexibility index (Phi) is 6.08. The topological polar surface area (TPSA) is 29.5 Å². The minimum atomic E-state index is -0.281. The van der Waals surface area contributed by atoms with Crippen molar-refractivity contribution in [3.63, 3.8) is 0 Å². The molecule has 1 fully saturated rings. The molecule has 6 heteroatoms. The third-order valence-corrected chi connectivity index (χ3v) is 5.32. The predicted octanol–water partition coefficient (Wildman–Crippen LogP) is 5.10. The molecule has 3 rings (SSSR count). The number of thiocarbonyl (C=S) groups is 1. The van der Waals surface area contributed by atoms with Gasteiger partial charge in [0, 0.05) is 12.1 Å². The van der Waals surface area contributed by atoms with Gasteiger partial charge in [0.15, 0.2) is 0 Å². The fraction of sp³-hybridized carbons (Fsp3) is 0.143. The largest absolute Gasteiger partial charge is 0.488 e. The number of carbonyl (C=O) groups excluding carboxylic acids is 1. The first-order valence-electron chi connectivity index (χ1n) is 8.32. The highest BCUT2D eigenvalue weighted by Gasteiger charge is 2.31. The fourth-order valence-electron chi connectivity index (χ4n) is 2.58. The van der Waals surface area contributed by atoms with Crippen LogP contribution in [0.15, 0.2) is 60.0 Å². The van der Waals surface area contributed by atoms with Crippen LogP contribution in [0.2, 0.25) is 0 Å². The quantitative estimate of drug-likeness (QED) is 0.384. The van der Waals surface area contributed by atoms with Crippen LogP contribution in [-0.2, 0) is 11.4 Å². The highest BCUT2D eigenvalue weighted by molar-refractivity contribution is 8.26. The van der Waals surface area contributed by atoms with Crippen molar-refractivity contribution in [1.82, 2.24) is 4.90 Å². The van der Waals surface area contributed by atoms with Crippen molar-refractivity contribution in [2.45, 2.75) is 13.5 Å². The molecule has 0 N–H and O–H groups in total. The van der Waals surface area contributed by atoms with Crippen molar-refractivity contribution in [2.75, 3.05) is 6.54 Å². The minimum absolute atomic E-state index is 0.129. The van der Waals surface area contributed by atoms with Gasteiger partial charge in [0.1, 0.15) is 22.5 Å². The summed E-state index contributed by atoms with van der Waals surface area (Å²) in [5.41, 5.74) is 2.72. The molecule has 2 aromatic rings. The van der Waals surface area contributed by atoms with Crippen LogP contribution in [-0.4, -0.2) is 21.7 Å². The van der Waals surface area contributed by atoms with Gasteiger partial charge in [-0.2, -0.15) is 0 Å². The third kappa shape index (κ3) is 4.64. The van der Waals surface area contributed by atoms with E-state index in [9.17, 15) is 9.18 Å². The Morgan fingerprint density at radius 3 is 2.70 bits per heavy atom. The molecule has 138 valence electrons. The van der Waals surface area contributed by atoms with Crippen molar-refractivity contribution in [1.29, 1.82) is 0 Å². The molecule has 0 bridgehead atoms. The number of aryl methyl sites for hydroxylation is 1. The zero-order valence-electron chi connectivity index (χ0n) is 14.8. The van der Waals surface area contributed by atoms with Crippen LogP contribution in [0.4, 0.5) is 4.39 Å². The molecule has 0 radical (unpaired) electrons. The molecule has 1 aliphatic rings. The summed E-state index contributed by atoms with van der Waals surface area (Å²) in [4.78, 5) is 14.6. The lowest BCUT2D eigenvalue weighted by molar-refractivity contribution is -0.121. The second-order valence-electron chi connectivity index (χ2n) is 6.04. The van der Waals surface area contributed by atoms with Gasteiger partial charge in [-0.15, -0.1) is 6.58 Å². The summed E-state index contributed by atoms with van der Waals surface area (Å²) < 4.78 is 19.5. The molecule has 27 heavy (non-hydrogen) atoms. The van der Waals surface area contributed by atoms with Crippen molar-refractivity contribution < 1.29 is 13.9 Å². The molecule has 2 aromatic carbocycles. The number of halogens is 1. The molecule has 0 saturated carbocycles. The van der Waals surface area contributed by atoms with Gasteiger partial charge in [-0.25, -0.2) is 4.39 Å². The fourth-order valence-corrected chi connectivity index (χ4v) is 3.85. The summed E-state index contributed by atoms with van der Waals surface area (Å²) in [6.45, 7) is 6.34. The number of hydrogen-bond donors (Lipinski definition) is 0. The Hall–Kier alpha value is -2.44. The SMILES string of the molecule is C=CCN1C(=O)/C(=C/c2cc(C)ccc2OCc2ccc(F)cc2)SC1=S. The zero-order chi connectivity index (χ0) is 19.4. The molecule has 1 heterocycles. The molecule has 0 unspecified atom stereocenters. The molecule has 1 aliphatic heterocycles. The zero-order valence-corrected chi connectivity index (χ0v) is 16.4. The molecule has 1 amide bonds. The molecule has 0 spiro atoms. The predicted molar refractivity (Wildman–Crippen MR) is 112 cm³/mol. The van der Waals surface area contributed by atoms with E-state index in [4.69, 9.17) is 17.0 Å². The third-order valence-electron chi connectivity index (χ3n) is 3.94. The monoisotopic (exact) mass is 399 g/mol. The summed E-state index contributed by atoms with van der Waals surface area (Å²) in [5, 5.41) is 0. The van der Waals surface area contributed by atoms with Crippen LogP contribution < -0.4 is 4.74 Å². The van der Waals surface area contributed by atoms with Gasteiger partial charge in [0.2, 0.25) is 0 Å². The number of carbonyl (C=O) groups is 1. The molecule has 1 saturated heterocycles. The van der Waals surface area contributed by atoms with Crippen molar-refractivity contribution >= 4 is 40.3 Å². The van der Waals surface area contributed by atoms with E-state index in [-0.39, 0.29) is 11.7 Å². The summed E-state index contributed by atoms with van der Waals surface area (Å²) in [6.07, 6.45) is 3.45. The van der Waals surface area contributed by atoms with Crippen molar-refractivity contribution in [3.8, 4) is 5.75 Å². The van der Waals surface area contributed by atoms with E-state index in [2.05, 4.69) is 6.58 Å². The van der Waals surface area contributed by atoms with Gasteiger partial charge in [-0.05, 0) is 42.8 Å². The first-order valence-corrected chi connectivity index (χ1v) is 9.54. The number of benzene rings is 2. The maximum atomic E-state index is 13.0. The summed E-state index contributed by atoms with van der Waals surface area (Å²) in [6, 6.07) is 11.9. The molecule has 0 aromatic heterocycles. The van der Waals surface area contributed by atoms with E-state index < -0.39 is 0 Å². The summed E-state index contributed by atoms with van der Waals surface area (Å²) >= 11 is 6.55. The molecule has 0 aliphatic carbocycles. The van der Waals surface area contributed by atoms with Crippen molar-refractivity contribution in [2.24, 2.45) is 0 Å². The van der Waals surface area contributed by atoms with E-state index >= 15 is 0 Å². The molecule has 0 atom stereocenters. The Morgan fingerprint density at radius 1 is 1.26 bits per heavy atom. The lowest BCUT2D eigenvalue weighted by Gasteiger charge is -2.11. The Bertz CT molecular complexity index is 922. The van der Waals surface area contributed by atoms with E-state index in [0.29, 0.717) is 28.1 Å². The first-order chi connectivity index (χ1) is 13.0. The van der Waals surface area contributed by atoms with E-state index in [1.807, 2.05) is 25.1 Å². The van der Waals surface area contributed by atoms with Crippen LogP contribution >= 0.6 is 24.0 Å². The number of hydrogen-bond acceptors (Lipinski definition) is 4. The number of rotatable bonds is 6. The average Bonchev–Trinajstić information content (AvgIpc) is 2.90. The van der Waals surface area contributed by atoms with Gasteiger partial charge in [-0.1, -0.05) is 53.8 Å². The molecular formula is C21H18FNO2S2. The molecule has 3 nitrogen and oxygen atoms in total. The number of amides is 1. The van der Waals surface area contributed by atoms with Crippen molar-refractivity contribution in [3.05, 3.63) is 82.5 Å². The maximum absolute atomic E-state index is 13.0. The maximum Gasteiger partial charge on any atom is 0.266 e. The summed E-state index contributed by atoms with van der Waals surface area (Å²) in [7, 11) is 0. The number of ether oxygens (including phenoxy) is 1. The Balaban J connectivity index is 1.84. The normalized spacial score (nSPS) is 15.5.